The smallest absolute Gasteiger partial charge is 0.156 e. The van der Waals surface area contributed by atoms with Crippen LogP contribution >= 0.6 is 0 Å². The van der Waals surface area contributed by atoms with Crippen molar-refractivity contribution in [1.29, 1.82) is 0 Å². The third kappa shape index (κ3) is 4.18. The van der Waals surface area contributed by atoms with Gasteiger partial charge < -0.3 is 14.6 Å². The molecule has 0 spiro atoms. The number of likely N-dealkylation sites (tertiary alicyclic amines) is 1. The second-order valence-corrected chi connectivity index (χ2v) is 8.25. The highest BCUT2D eigenvalue weighted by Crippen LogP contribution is 2.41. The molecule has 2 aliphatic heterocycles. The van der Waals surface area contributed by atoms with Gasteiger partial charge in [-0.15, -0.1) is 0 Å². The molecule has 0 aromatic heterocycles. The molecule has 1 aliphatic carbocycles. The minimum atomic E-state index is -0.707. The van der Waals surface area contributed by atoms with Crippen molar-refractivity contribution >= 4 is 0 Å². The molecule has 1 N–H and O–H groups in total. The first-order chi connectivity index (χ1) is 11.9. The highest BCUT2D eigenvalue weighted by molar-refractivity contribution is 5.21. The lowest BCUT2D eigenvalue weighted by Gasteiger charge is -2.49. The maximum Gasteiger partial charge on any atom is 0.156 e. The second-order valence-electron chi connectivity index (χ2n) is 8.25. The van der Waals surface area contributed by atoms with Crippen LogP contribution in [0.3, 0.4) is 0 Å². The summed E-state index contributed by atoms with van der Waals surface area (Å²) in [6.45, 7) is 7.94. The van der Waals surface area contributed by atoms with Crippen molar-refractivity contribution in [2.45, 2.75) is 64.5 Å². The first-order valence-corrected chi connectivity index (χ1v) is 9.37. The number of ether oxygens (including phenoxy) is 2. The molecule has 3 rings (SSSR count). The normalized spacial score (nSPS) is 28.6. The monoisotopic (exact) mass is 345 g/mol. The average molecular weight is 345 g/mol. The molecule has 25 heavy (non-hydrogen) atoms. The first-order valence-electron chi connectivity index (χ1n) is 9.37. The Morgan fingerprint density at radius 1 is 1.36 bits per heavy atom. The summed E-state index contributed by atoms with van der Waals surface area (Å²) in [5.41, 5.74) is 0.611. The molecule has 4 nitrogen and oxygen atoms in total. The lowest BCUT2D eigenvalue weighted by molar-refractivity contribution is -0.0903. The molecular weight excluding hydrogens is 314 g/mol. The van der Waals surface area contributed by atoms with Gasteiger partial charge >= 0.3 is 0 Å². The predicted octanol–water partition coefficient (Wildman–Crippen LogP) is 4.25. The van der Waals surface area contributed by atoms with Crippen LogP contribution in [0.1, 0.15) is 52.9 Å². The first kappa shape index (κ1) is 18.3. The quantitative estimate of drug-likeness (QED) is 0.809. The number of hydrogen-bond donors (Lipinski definition) is 1. The minimum absolute atomic E-state index is 0.129. The van der Waals surface area contributed by atoms with Crippen LogP contribution in [0, 0.1) is 5.41 Å². The Balaban J connectivity index is 1.82. The molecule has 0 radical (unpaired) electrons. The summed E-state index contributed by atoms with van der Waals surface area (Å²) >= 11 is 0. The SMILES string of the molecule is CC(C)(O)C1(C)CCCN(C(CC2=CC=CCC2)C2=COC=CO2)C1. The van der Waals surface area contributed by atoms with E-state index in [1.54, 1.807) is 18.8 Å². The standard InChI is InChI=1S/C21H31NO3/c1-20(2,23)21(3)10-7-11-22(16-21)18(19-15-24-12-13-25-19)14-17-8-5-4-6-9-17/h4-5,8,12-13,15,18,23H,6-7,9-11,14,16H2,1-3H3. The zero-order valence-corrected chi connectivity index (χ0v) is 15.7. The third-order valence-electron chi connectivity index (χ3n) is 6.05. The fraction of sp³-hybridized carbons (Fsp3) is 0.619. The molecule has 0 amide bonds. The van der Waals surface area contributed by atoms with Crippen LogP contribution in [-0.2, 0) is 9.47 Å². The lowest BCUT2D eigenvalue weighted by Crippen LogP contribution is -2.55. The van der Waals surface area contributed by atoms with Gasteiger partial charge in [-0.2, -0.15) is 0 Å². The number of nitrogens with zero attached hydrogens (tertiary/aromatic N) is 1. The fourth-order valence-corrected chi connectivity index (χ4v) is 3.95. The summed E-state index contributed by atoms with van der Waals surface area (Å²) < 4.78 is 11.2. The Hall–Kier alpha value is -1.52. The summed E-state index contributed by atoms with van der Waals surface area (Å²) in [6.07, 6.45) is 16.8. The van der Waals surface area contributed by atoms with E-state index in [2.05, 4.69) is 30.1 Å². The van der Waals surface area contributed by atoms with Crippen LogP contribution in [0.2, 0.25) is 0 Å². The van der Waals surface area contributed by atoms with Crippen LogP contribution < -0.4 is 0 Å². The van der Waals surface area contributed by atoms with Crippen molar-refractivity contribution in [1.82, 2.24) is 4.90 Å². The van der Waals surface area contributed by atoms with E-state index >= 15 is 0 Å². The highest BCUT2D eigenvalue weighted by Gasteiger charge is 2.44. The zero-order valence-electron chi connectivity index (χ0n) is 15.7. The predicted molar refractivity (Wildman–Crippen MR) is 99.5 cm³/mol. The van der Waals surface area contributed by atoms with E-state index < -0.39 is 5.60 Å². The molecule has 138 valence electrons. The largest absolute Gasteiger partial charge is 0.466 e. The summed E-state index contributed by atoms with van der Waals surface area (Å²) in [7, 11) is 0. The van der Waals surface area contributed by atoms with Crippen molar-refractivity contribution in [3.63, 3.8) is 0 Å². The number of rotatable bonds is 5. The Bertz CT molecular complexity index is 597. The molecule has 0 bridgehead atoms. The van der Waals surface area contributed by atoms with Gasteiger partial charge in [0.15, 0.2) is 5.76 Å². The maximum atomic E-state index is 10.7. The molecular formula is C21H31NO3. The zero-order chi connectivity index (χ0) is 17.9. The van der Waals surface area contributed by atoms with Crippen molar-refractivity contribution in [2.75, 3.05) is 13.1 Å². The topological polar surface area (TPSA) is 41.9 Å². The summed E-state index contributed by atoms with van der Waals surface area (Å²) in [5.74, 6) is 0.859. The average Bonchev–Trinajstić information content (AvgIpc) is 2.60. The van der Waals surface area contributed by atoms with E-state index in [4.69, 9.17) is 9.47 Å². The molecule has 1 fully saturated rings. The lowest BCUT2D eigenvalue weighted by atomic mass is 9.69. The van der Waals surface area contributed by atoms with E-state index in [1.165, 1.54) is 5.57 Å². The Morgan fingerprint density at radius 2 is 2.20 bits per heavy atom. The number of aliphatic hydroxyl groups is 1. The van der Waals surface area contributed by atoms with Crippen LogP contribution in [0.4, 0.5) is 0 Å². The molecule has 2 unspecified atom stereocenters. The number of piperidine rings is 1. The molecule has 2 heterocycles. The summed E-state index contributed by atoms with van der Waals surface area (Å²) in [4.78, 5) is 2.47. The molecule has 0 saturated carbocycles. The fourth-order valence-electron chi connectivity index (χ4n) is 3.95. The number of hydrogen-bond acceptors (Lipinski definition) is 4. The molecule has 2 atom stereocenters. The van der Waals surface area contributed by atoms with E-state index in [0.29, 0.717) is 0 Å². The van der Waals surface area contributed by atoms with Crippen LogP contribution in [0.25, 0.3) is 0 Å². The van der Waals surface area contributed by atoms with Gasteiger partial charge in [0.1, 0.15) is 18.8 Å². The van der Waals surface area contributed by atoms with Gasteiger partial charge in [-0.25, -0.2) is 0 Å². The van der Waals surface area contributed by atoms with Crippen molar-refractivity contribution < 1.29 is 14.6 Å². The Labute approximate surface area is 151 Å². The molecule has 0 aromatic carbocycles. The number of allylic oxidation sites excluding steroid dienone is 3. The van der Waals surface area contributed by atoms with E-state index in [0.717, 1.165) is 51.0 Å². The van der Waals surface area contributed by atoms with Gasteiger partial charge in [0, 0.05) is 12.0 Å². The summed E-state index contributed by atoms with van der Waals surface area (Å²) in [6, 6.07) is 0.143. The second kappa shape index (κ2) is 7.38. The van der Waals surface area contributed by atoms with Gasteiger partial charge in [-0.1, -0.05) is 30.7 Å². The van der Waals surface area contributed by atoms with Crippen LogP contribution in [-0.4, -0.2) is 34.7 Å². The minimum Gasteiger partial charge on any atom is -0.466 e. The molecule has 1 saturated heterocycles. The van der Waals surface area contributed by atoms with Gasteiger partial charge in [0.2, 0.25) is 0 Å². The third-order valence-corrected chi connectivity index (χ3v) is 6.05. The highest BCUT2D eigenvalue weighted by atomic mass is 16.5. The molecule has 3 aliphatic rings. The van der Waals surface area contributed by atoms with E-state index in [9.17, 15) is 5.11 Å². The van der Waals surface area contributed by atoms with Crippen molar-refractivity contribution in [2.24, 2.45) is 5.41 Å². The molecule has 0 aromatic rings. The van der Waals surface area contributed by atoms with Gasteiger partial charge in [-0.05, 0) is 52.5 Å². The van der Waals surface area contributed by atoms with Gasteiger partial charge in [-0.3, -0.25) is 4.90 Å². The molecule has 4 heteroatoms. The van der Waals surface area contributed by atoms with Crippen molar-refractivity contribution in [3.8, 4) is 0 Å². The summed E-state index contributed by atoms with van der Waals surface area (Å²) in [5, 5.41) is 10.7. The van der Waals surface area contributed by atoms with E-state index in [-0.39, 0.29) is 11.5 Å². The van der Waals surface area contributed by atoms with Gasteiger partial charge in [0.05, 0.1) is 11.6 Å². The van der Waals surface area contributed by atoms with Crippen LogP contribution in [0.15, 0.2) is 48.3 Å². The van der Waals surface area contributed by atoms with E-state index in [1.807, 2.05) is 13.8 Å². The Morgan fingerprint density at radius 3 is 2.84 bits per heavy atom. The van der Waals surface area contributed by atoms with Crippen LogP contribution in [0.5, 0.6) is 0 Å². The maximum absolute atomic E-state index is 10.7. The van der Waals surface area contributed by atoms with Crippen molar-refractivity contribution in [3.05, 3.63) is 48.3 Å². The Kier molecular flexibility index (Phi) is 5.40. The van der Waals surface area contributed by atoms with Gasteiger partial charge in [0.25, 0.3) is 0 Å².